The summed E-state index contributed by atoms with van der Waals surface area (Å²) >= 11 is 0. The molecule has 0 heterocycles. The van der Waals surface area contributed by atoms with Gasteiger partial charge in [-0.1, -0.05) is 71.9 Å². The summed E-state index contributed by atoms with van der Waals surface area (Å²) in [5.41, 5.74) is 9.09. The van der Waals surface area contributed by atoms with Crippen LogP contribution in [0.3, 0.4) is 0 Å². The zero-order valence-corrected chi connectivity index (χ0v) is 18.6. The summed E-state index contributed by atoms with van der Waals surface area (Å²) < 4.78 is 0. The minimum atomic E-state index is -0.762. The van der Waals surface area contributed by atoms with Crippen LogP contribution < -0.4 is 0 Å². The van der Waals surface area contributed by atoms with Gasteiger partial charge in [0.2, 0.25) is 0 Å². The second kappa shape index (κ2) is 9.41. The number of hydrogen-bond acceptors (Lipinski definition) is 1. The Labute approximate surface area is 171 Å². The van der Waals surface area contributed by atoms with Gasteiger partial charge in [-0.3, -0.25) is 4.79 Å². The van der Waals surface area contributed by atoms with Gasteiger partial charge in [-0.25, -0.2) is 0 Å². The zero-order chi connectivity index (χ0) is 21.0. The molecule has 0 bridgehead atoms. The lowest BCUT2D eigenvalue weighted by atomic mass is 9.79. The summed E-state index contributed by atoms with van der Waals surface area (Å²) in [6, 6.07) is 10.8. The SMILES string of the molecule is Cc1cccc(CCc2ccc(C(C)C)c(C(C)C)c2C(C)C)c1CC(=O)O. The van der Waals surface area contributed by atoms with E-state index in [1.165, 1.54) is 22.3 Å². The summed E-state index contributed by atoms with van der Waals surface area (Å²) in [5, 5.41) is 9.30. The van der Waals surface area contributed by atoms with Crippen molar-refractivity contribution in [2.24, 2.45) is 0 Å². The molecule has 152 valence electrons. The van der Waals surface area contributed by atoms with Crippen LogP contribution in [0, 0.1) is 6.92 Å². The topological polar surface area (TPSA) is 37.3 Å². The molecule has 0 atom stereocenters. The van der Waals surface area contributed by atoms with E-state index in [4.69, 9.17) is 0 Å². The molecule has 0 spiro atoms. The normalized spacial score (nSPS) is 11.6. The minimum absolute atomic E-state index is 0.0998. The second-order valence-corrected chi connectivity index (χ2v) is 8.89. The van der Waals surface area contributed by atoms with Crippen molar-refractivity contribution in [1.82, 2.24) is 0 Å². The molecule has 0 aliphatic heterocycles. The molecular formula is C26H36O2. The Morgan fingerprint density at radius 1 is 0.821 bits per heavy atom. The van der Waals surface area contributed by atoms with E-state index >= 15 is 0 Å². The Kier molecular flexibility index (Phi) is 7.46. The Balaban J connectivity index is 2.44. The monoisotopic (exact) mass is 380 g/mol. The molecule has 2 aromatic carbocycles. The Hall–Kier alpha value is -2.09. The van der Waals surface area contributed by atoms with E-state index in [1.807, 2.05) is 19.1 Å². The summed E-state index contributed by atoms with van der Waals surface area (Å²) in [7, 11) is 0. The summed E-state index contributed by atoms with van der Waals surface area (Å²) in [6.07, 6.45) is 1.92. The maximum absolute atomic E-state index is 11.3. The van der Waals surface area contributed by atoms with Crippen LogP contribution in [0.5, 0.6) is 0 Å². The van der Waals surface area contributed by atoms with Gasteiger partial charge in [-0.2, -0.15) is 0 Å². The molecule has 0 fully saturated rings. The largest absolute Gasteiger partial charge is 0.481 e. The quantitative estimate of drug-likeness (QED) is 0.548. The van der Waals surface area contributed by atoms with Crippen molar-refractivity contribution in [3.05, 3.63) is 69.3 Å². The smallest absolute Gasteiger partial charge is 0.307 e. The number of hydrogen-bond donors (Lipinski definition) is 1. The van der Waals surface area contributed by atoms with Crippen molar-refractivity contribution in [3.8, 4) is 0 Å². The molecule has 28 heavy (non-hydrogen) atoms. The number of benzene rings is 2. The fourth-order valence-corrected chi connectivity index (χ4v) is 4.42. The maximum Gasteiger partial charge on any atom is 0.307 e. The van der Waals surface area contributed by atoms with Gasteiger partial charge in [0.05, 0.1) is 6.42 Å². The van der Waals surface area contributed by atoms with E-state index in [0.717, 1.165) is 29.5 Å². The van der Waals surface area contributed by atoms with Gasteiger partial charge in [-0.05, 0) is 76.5 Å². The molecule has 0 aliphatic carbocycles. The highest BCUT2D eigenvalue weighted by molar-refractivity contribution is 5.71. The number of aryl methyl sites for hydroxylation is 3. The van der Waals surface area contributed by atoms with Crippen LogP contribution in [-0.4, -0.2) is 11.1 Å². The van der Waals surface area contributed by atoms with E-state index in [0.29, 0.717) is 17.8 Å². The third kappa shape index (κ3) is 5.04. The van der Waals surface area contributed by atoms with Gasteiger partial charge in [0.25, 0.3) is 0 Å². The van der Waals surface area contributed by atoms with Crippen LogP contribution >= 0.6 is 0 Å². The van der Waals surface area contributed by atoms with E-state index in [1.54, 1.807) is 0 Å². The summed E-state index contributed by atoms with van der Waals surface area (Å²) in [6.45, 7) is 15.7. The Bertz CT molecular complexity index is 829. The molecule has 1 N–H and O–H groups in total. The van der Waals surface area contributed by atoms with E-state index < -0.39 is 5.97 Å². The average molecular weight is 381 g/mol. The highest BCUT2D eigenvalue weighted by Crippen LogP contribution is 2.36. The summed E-state index contributed by atoms with van der Waals surface area (Å²) in [4.78, 5) is 11.3. The predicted molar refractivity (Wildman–Crippen MR) is 119 cm³/mol. The molecule has 2 aromatic rings. The van der Waals surface area contributed by atoms with Gasteiger partial charge in [0.15, 0.2) is 0 Å². The minimum Gasteiger partial charge on any atom is -0.481 e. The van der Waals surface area contributed by atoms with Crippen LogP contribution in [0.25, 0.3) is 0 Å². The molecule has 0 amide bonds. The van der Waals surface area contributed by atoms with Crippen LogP contribution in [0.1, 0.15) is 98.2 Å². The number of aliphatic carboxylic acids is 1. The first kappa shape index (κ1) is 22.2. The highest BCUT2D eigenvalue weighted by atomic mass is 16.4. The molecule has 0 aromatic heterocycles. The molecule has 2 nitrogen and oxygen atoms in total. The lowest BCUT2D eigenvalue weighted by Gasteiger charge is -2.26. The molecule has 2 heteroatoms. The number of carboxylic acids is 1. The lowest BCUT2D eigenvalue weighted by molar-refractivity contribution is -0.136. The van der Waals surface area contributed by atoms with Gasteiger partial charge in [-0.15, -0.1) is 0 Å². The third-order valence-corrected chi connectivity index (χ3v) is 5.69. The average Bonchev–Trinajstić information content (AvgIpc) is 2.60. The van der Waals surface area contributed by atoms with Crippen LogP contribution in [0.4, 0.5) is 0 Å². The second-order valence-electron chi connectivity index (χ2n) is 8.89. The molecule has 0 unspecified atom stereocenters. The Morgan fingerprint density at radius 3 is 1.96 bits per heavy atom. The maximum atomic E-state index is 11.3. The number of rotatable bonds is 8. The molecule has 0 aliphatic rings. The highest BCUT2D eigenvalue weighted by Gasteiger charge is 2.20. The third-order valence-electron chi connectivity index (χ3n) is 5.69. The lowest BCUT2D eigenvalue weighted by Crippen LogP contribution is -2.11. The molecule has 0 saturated carbocycles. The summed E-state index contributed by atoms with van der Waals surface area (Å²) in [5.74, 6) is 0.725. The van der Waals surface area contributed by atoms with Crippen LogP contribution in [0.2, 0.25) is 0 Å². The number of carboxylic acid groups (broad SMARTS) is 1. The first-order chi connectivity index (χ1) is 13.1. The standard InChI is InChI=1S/C26H36O2/c1-16(2)22-14-13-21(25(17(3)4)26(22)18(5)6)12-11-20-10-8-9-19(7)23(20)15-24(27)28/h8-10,13-14,16-18H,11-12,15H2,1-7H3,(H,27,28). The first-order valence-electron chi connectivity index (χ1n) is 10.6. The molecule has 0 saturated heterocycles. The van der Waals surface area contributed by atoms with E-state index in [2.05, 4.69) is 59.7 Å². The first-order valence-corrected chi connectivity index (χ1v) is 10.6. The molecule has 0 radical (unpaired) electrons. The van der Waals surface area contributed by atoms with E-state index in [9.17, 15) is 9.90 Å². The fourth-order valence-electron chi connectivity index (χ4n) is 4.42. The van der Waals surface area contributed by atoms with Crippen molar-refractivity contribution in [1.29, 1.82) is 0 Å². The van der Waals surface area contributed by atoms with Crippen LogP contribution in [-0.2, 0) is 24.1 Å². The van der Waals surface area contributed by atoms with Gasteiger partial charge in [0, 0.05) is 0 Å². The molecular weight excluding hydrogens is 344 g/mol. The number of carbonyl (C=O) groups is 1. The predicted octanol–water partition coefficient (Wildman–Crippen LogP) is 6.78. The van der Waals surface area contributed by atoms with Gasteiger partial charge < -0.3 is 5.11 Å². The van der Waals surface area contributed by atoms with Crippen molar-refractivity contribution in [2.75, 3.05) is 0 Å². The van der Waals surface area contributed by atoms with Gasteiger partial charge in [0.1, 0.15) is 0 Å². The molecule has 2 rings (SSSR count). The Morgan fingerprint density at radius 2 is 1.43 bits per heavy atom. The van der Waals surface area contributed by atoms with Crippen molar-refractivity contribution < 1.29 is 9.90 Å². The van der Waals surface area contributed by atoms with E-state index in [-0.39, 0.29) is 6.42 Å². The van der Waals surface area contributed by atoms with Gasteiger partial charge >= 0.3 is 5.97 Å². The van der Waals surface area contributed by atoms with Crippen molar-refractivity contribution in [3.63, 3.8) is 0 Å². The van der Waals surface area contributed by atoms with Crippen molar-refractivity contribution in [2.45, 2.75) is 85.5 Å². The zero-order valence-electron chi connectivity index (χ0n) is 18.6. The van der Waals surface area contributed by atoms with Crippen LogP contribution in [0.15, 0.2) is 30.3 Å². The van der Waals surface area contributed by atoms with Crippen molar-refractivity contribution >= 4 is 5.97 Å². The fraction of sp³-hybridized carbons (Fsp3) is 0.500.